The molecule has 6 nitrogen and oxygen atoms in total. The van der Waals surface area contributed by atoms with Crippen LogP contribution in [0.15, 0.2) is 79.0 Å². The molecule has 0 radical (unpaired) electrons. The standard InChI is InChI=1S/C21H19N3O3/c25-20(24-19-8-4-5-13-22-19)18-11-9-16(10-12-18)14-23-21(26)27-15-17-6-2-1-3-7-17/h1-13H,14-15H2,(H,23,26)(H,22,24,25). The minimum atomic E-state index is -0.490. The fourth-order valence-corrected chi connectivity index (χ4v) is 2.35. The van der Waals surface area contributed by atoms with E-state index in [4.69, 9.17) is 4.74 Å². The summed E-state index contributed by atoms with van der Waals surface area (Å²) in [5.74, 6) is 0.255. The Bertz CT molecular complexity index is 882. The maximum atomic E-state index is 12.2. The number of alkyl carbamates (subject to hydrolysis) is 1. The molecule has 0 aliphatic rings. The minimum Gasteiger partial charge on any atom is -0.445 e. The Hall–Kier alpha value is -3.67. The third-order valence-corrected chi connectivity index (χ3v) is 3.77. The zero-order chi connectivity index (χ0) is 18.9. The van der Waals surface area contributed by atoms with Gasteiger partial charge < -0.3 is 15.4 Å². The van der Waals surface area contributed by atoms with Gasteiger partial charge in [-0.1, -0.05) is 48.5 Å². The first-order valence-corrected chi connectivity index (χ1v) is 8.46. The van der Waals surface area contributed by atoms with Crippen molar-refractivity contribution in [1.82, 2.24) is 10.3 Å². The van der Waals surface area contributed by atoms with Gasteiger partial charge in [-0.15, -0.1) is 0 Å². The summed E-state index contributed by atoms with van der Waals surface area (Å²) in [7, 11) is 0. The molecule has 0 unspecified atom stereocenters. The Balaban J connectivity index is 1.46. The van der Waals surface area contributed by atoms with E-state index in [9.17, 15) is 9.59 Å². The largest absolute Gasteiger partial charge is 0.445 e. The van der Waals surface area contributed by atoms with Crippen molar-refractivity contribution in [2.45, 2.75) is 13.2 Å². The number of nitrogens with one attached hydrogen (secondary N) is 2. The van der Waals surface area contributed by atoms with Crippen LogP contribution in [-0.2, 0) is 17.9 Å². The molecular weight excluding hydrogens is 342 g/mol. The fraction of sp³-hybridized carbons (Fsp3) is 0.0952. The van der Waals surface area contributed by atoms with Gasteiger partial charge >= 0.3 is 6.09 Å². The molecule has 0 aliphatic heterocycles. The molecule has 1 heterocycles. The van der Waals surface area contributed by atoms with E-state index in [2.05, 4.69) is 15.6 Å². The molecule has 0 fully saturated rings. The molecule has 0 aliphatic carbocycles. The summed E-state index contributed by atoms with van der Waals surface area (Å²) in [5.41, 5.74) is 2.30. The van der Waals surface area contributed by atoms with Crippen LogP contribution in [0.3, 0.4) is 0 Å². The molecule has 1 aromatic heterocycles. The molecule has 0 spiro atoms. The van der Waals surface area contributed by atoms with Crippen LogP contribution in [0.4, 0.5) is 10.6 Å². The van der Waals surface area contributed by atoms with Crippen LogP contribution in [0.1, 0.15) is 21.5 Å². The summed E-state index contributed by atoms with van der Waals surface area (Å²) in [6.45, 7) is 0.537. The van der Waals surface area contributed by atoms with Gasteiger partial charge in [-0.2, -0.15) is 0 Å². The Morgan fingerprint density at radius 3 is 2.30 bits per heavy atom. The predicted molar refractivity (Wildman–Crippen MR) is 102 cm³/mol. The van der Waals surface area contributed by atoms with Crippen LogP contribution in [0.25, 0.3) is 0 Å². The number of hydrogen-bond acceptors (Lipinski definition) is 4. The van der Waals surface area contributed by atoms with Crippen molar-refractivity contribution >= 4 is 17.8 Å². The predicted octanol–water partition coefficient (Wildman–Crippen LogP) is 3.76. The van der Waals surface area contributed by atoms with E-state index in [1.807, 2.05) is 30.3 Å². The lowest BCUT2D eigenvalue weighted by atomic mass is 10.1. The number of benzene rings is 2. The first-order chi connectivity index (χ1) is 13.2. The van der Waals surface area contributed by atoms with E-state index >= 15 is 0 Å². The fourth-order valence-electron chi connectivity index (χ4n) is 2.35. The molecule has 2 amide bonds. The van der Waals surface area contributed by atoms with Gasteiger partial charge in [0, 0.05) is 18.3 Å². The zero-order valence-corrected chi connectivity index (χ0v) is 14.6. The molecule has 3 aromatic rings. The van der Waals surface area contributed by atoms with Crippen LogP contribution in [0, 0.1) is 0 Å². The second-order valence-electron chi connectivity index (χ2n) is 5.78. The third kappa shape index (κ3) is 5.67. The summed E-state index contributed by atoms with van der Waals surface area (Å²) >= 11 is 0. The van der Waals surface area contributed by atoms with Crippen LogP contribution in [-0.4, -0.2) is 17.0 Å². The minimum absolute atomic E-state index is 0.222. The van der Waals surface area contributed by atoms with E-state index in [1.165, 1.54) is 0 Å². The van der Waals surface area contributed by atoms with E-state index in [0.29, 0.717) is 17.9 Å². The number of rotatable bonds is 6. The second-order valence-corrected chi connectivity index (χ2v) is 5.78. The van der Waals surface area contributed by atoms with Crippen molar-refractivity contribution in [2.24, 2.45) is 0 Å². The first kappa shape index (κ1) is 18.1. The normalized spacial score (nSPS) is 10.1. The van der Waals surface area contributed by atoms with Gasteiger partial charge in [-0.05, 0) is 35.4 Å². The van der Waals surface area contributed by atoms with Gasteiger partial charge in [0.1, 0.15) is 12.4 Å². The summed E-state index contributed by atoms with van der Waals surface area (Å²) in [6.07, 6.45) is 1.12. The summed E-state index contributed by atoms with van der Waals surface area (Å²) in [4.78, 5) is 28.0. The summed E-state index contributed by atoms with van der Waals surface area (Å²) < 4.78 is 5.16. The molecule has 2 N–H and O–H groups in total. The Kier molecular flexibility index (Phi) is 6.14. The highest BCUT2D eigenvalue weighted by Gasteiger charge is 2.07. The molecular formula is C21H19N3O3. The number of hydrogen-bond donors (Lipinski definition) is 2. The highest BCUT2D eigenvalue weighted by molar-refractivity contribution is 6.03. The van der Waals surface area contributed by atoms with Crippen molar-refractivity contribution in [3.8, 4) is 0 Å². The van der Waals surface area contributed by atoms with Crippen LogP contribution < -0.4 is 10.6 Å². The lowest BCUT2D eigenvalue weighted by molar-refractivity contribution is 0.102. The third-order valence-electron chi connectivity index (χ3n) is 3.77. The zero-order valence-electron chi connectivity index (χ0n) is 14.6. The lowest BCUT2D eigenvalue weighted by Crippen LogP contribution is -2.23. The van der Waals surface area contributed by atoms with Gasteiger partial charge in [0.2, 0.25) is 0 Å². The van der Waals surface area contributed by atoms with Gasteiger partial charge in [-0.3, -0.25) is 4.79 Å². The monoisotopic (exact) mass is 361 g/mol. The summed E-state index contributed by atoms with van der Waals surface area (Å²) in [6, 6.07) is 21.7. The Morgan fingerprint density at radius 2 is 1.59 bits per heavy atom. The average Bonchev–Trinajstić information content (AvgIpc) is 2.72. The van der Waals surface area contributed by atoms with Gasteiger partial charge in [0.25, 0.3) is 5.91 Å². The summed E-state index contributed by atoms with van der Waals surface area (Å²) in [5, 5.41) is 5.41. The number of amides is 2. The van der Waals surface area contributed by atoms with E-state index in [0.717, 1.165) is 11.1 Å². The number of aromatic nitrogens is 1. The maximum Gasteiger partial charge on any atom is 0.407 e. The molecule has 0 bridgehead atoms. The number of pyridine rings is 1. The molecule has 3 rings (SSSR count). The van der Waals surface area contributed by atoms with Crippen LogP contribution >= 0.6 is 0 Å². The van der Waals surface area contributed by atoms with Crippen LogP contribution in [0.2, 0.25) is 0 Å². The molecule has 0 saturated heterocycles. The number of nitrogens with zero attached hydrogens (tertiary/aromatic N) is 1. The quantitative estimate of drug-likeness (QED) is 0.700. The van der Waals surface area contributed by atoms with E-state index < -0.39 is 6.09 Å². The van der Waals surface area contributed by atoms with Crippen LogP contribution in [0.5, 0.6) is 0 Å². The molecule has 0 atom stereocenters. The molecule has 2 aromatic carbocycles. The van der Waals surface area contributed by atoms with Crippen molar-refractivity contribution in [3.05, 3.63) is 95.7 Å². The second kappa shape index (κ2) is 9.15. The highest BCUT2D eigenvalue weighted by atomic mass is 16.5. The molecule has 136 valence electrons. The van der Waals surface area contributed by atoms with Crippen molar-refractivity contribution in [1.29, 1.82) is 0 Å². The van der Waals surface area contributed by atoms with Crippen molar-refractivity contribution in [2.75, 3.05) is 5.32 Å². The van der Waals surface area contributed by atoms with E-state index in [-0.39, 0.29) is 12.5 Å². The topological polar surface area (TPSA) is 80.3 Å². The first-order valence-electron chi connectivity index (χ1n) is 8.46. The molecule has 0 saturated carbocycles. The number of carbonyl (C=O) groups excluding carboxylic acids is 2. The molecule has 6 heteroatoms. The maximum absolute atomic E-state index is 12.2. The Labute approximate surface area is 157 Å². The number of anilines is 1. The molecule has 27 heavy (non-hydrogen) atoms. The number of carbonyl (C=O) groups is 2. The van der Waals surface area contributed by atoms with Gasteiger partial charge in [0.05, 0.1) is 0 Å². The Morgan fingerprint density at radius 1 is 0.852 bits per heavy atom. The van der Waals surface area contributed by atoms with Gasteiger partial charge in [-0.25, -0.2) is 9.78 Å². The lowest BCUT2D eigenvalue weighted by Gasteiger charge is -2.08. The van der Waals surface area contributed by atoms with Crippen molar-refractivity contribution < 1.29 is 14.3 Å². The van der Waals surface area contributed by atoms with Gasteiger partial charge in [0.15, 0.2) is 0 Å². The van der Waals surface area contributed by atoms with Crippen molar-refractivity contribution in [3.63, 3.8) is 0 Å². The van der Waals surface area contributed by atoms with E-state index in [1.54, 1.807) is 48.7 Å². The smallest absolute Gasteiger partial charge is 0.407 e. The number of ether oxygens (including phenoxy) is 1. The average molecular weight is 361 g/mol. The highest BCUT2D eigenvalue weighted by Crippen LogP contribution is 2.08. The SMILES string of the molecule is O=C(NCc1ccc(C(=O)Nc2ccccn2)cc1)OCc1ccccc1.